The molecule has 0 heterocycles. The van der Waals surface area contributed by atoms with E-state index < -0.39 is 35.6 Å². The Kier molecular flexibility index (Phi) is 7.17. The van der Waals surface area contributed by atoms with Gasteiger partial charge in [-0.2, -0.15) is 4.39 Å². The number of carbonyl (C=O) groups excluding carboxylic acids is 1. The standard InChI is InChI=1S/C19H20Cl2F3N3O/c1-9(11-4-7-13(20)14(21)8-11)10(2)27(12-5-6-12)19(28)15(18(24)26-3)16(25)17(22)23/h4,7-8,10,12,17,25-26H,1,5-6H2,2-3H3/b18-15+,25-16?. The van der Waals surface area contributed by atoms with E-state index in [1.54, 1.807) is 25.1 Å². The number of halogens is 5. The van der Waals surface area contributed by atoms with E-state index in [2.05, 4.69) is 6.58 Å². The Morgan fingerprint density at radius 3 is 2.39 bits per heavy atom. The monoisotopic (exact) mass is 433 g/mol. The van der Waals surface area contributed by atoms with Crippen LogP contribution in [-0.2, 0) is 4.79 Å². The lowest BCUT2D eigenvalue weighted by molar-refractivity contribution is -0.128. The van der Waals surface area contributed by atoms with Gasteiger partial charge in [0.2, 0.25) is 5.95 Å². The number of amides is 1. The van der Waals surface area contributed by atoms with Crippen molar-refractivity contribution < 1.29 is 18.0 Å². The molecule has 152 valence electrons. The van der Waals surface area contributed by atoms with Gasteiger partial charge in [-0.05, 0) is 43.0 Å². The van der Waals surface area contributed by atoms with Crippen molar-refractivity contribution in [2.45, 2.75) is 38.3 Å². The highest BCUT2D eigenvalue weighted by atomic mass is 35.5. The summed E-state index contributed by atoms with van der Waals surface area (Å²) in [5, 5.41) is 10.2. The first-order valence-electron chi connectivity index (χ1n) is 8.51. The molecule has 1 aromatic carbocycles. The molecule has 1 aliphatic carbocycles. The first-order chi connectivity index (χ1) is 13.1. The molecule has 0 aromatic heterocycles. The van der Waals surface area contributed by atoms with Crippen LogP contribution in [0.1, 0.15) is 25.3 Å². The van der Waals surface area contributed by atoms with Gasteiger partial charge in [0.15, 0.2) is 0 Å². The molecule has 1 atom stereocenters. The number of benzene rings is 1. The van der Waals surface area contributed by atoms with E-state index in [1.807, 2.05) is 5.32 Å². The molecule has 1 aliphatic rings. The van der Waals surface area contributed by atoms with Crippen molar-refractivity contribution in [3.05, 3.63) is 51.9 Å². The number of hydrogen-bond donors (Lipinski definition) is 2. The number of nitrogens with zero attached hydrogens (tertiary/aromatic N) is 1. The van der Waals surface area contributed by atoms with Crippen LogP contribution >= 0.6 is 23.2 Å². The first kappa shape index (κ1) is 22.3. The Morgan fingerprint density at radius 1 is 1.32 bits per heavy atom. The lowest BCUT2D eigenvalue weighted by atomic mass is 9.98. The third-order valence-corrected chi connectivity index (χ3v) is 5.27. The molecule has 2 N–H and O–H groups in total. The summed E-state index contributed by atoms with van der Waals surface area (Å²) < 4.78 is 40.3. The predicted octanol–water partition coefficient (Wildman–Crippen LogP) is 5.07. The minimum Gasteiger partial charge on any atom is -0.364 e. The minimum atomic E-state index is -3.28. The lowest BCUT2D eigenvalue weighted by Gasteiger charge is -2.32. The fourth-order valence-corrected chi connectivity index (χ4v) is 3.10. The zero-order chi connectivity index (χ0) is 21.2. The zero-order valence-electron chi connectivity index (χ0n) is 15.3. The van der Waals surface area contributed by atoms with E-state index in [0.717, 1.165) is 7.05 Å². The summed E-state index contributed by atoms with van der Waals surface area (Å²) in [6, 6.07) is 3.97. The summed E-state index contributed by atoms with van der Waals surface area (Å²) in [6.45, 7) is 5.66. The van der Waals surface area contributed by atoms with Gasteiger partial charge in [0, 0.05) is 13.1 Å². The molecule has 1 aromatic rings. The van der Waals surface area contributed by atoms with Crippen molar-refractivity contribution in [2.24, 2.45) is 0 Å². The van der Waals surface area contributed by atoms with Crippen molar-refractivity contribution in [1.29, 1.82) is 5.41 Å². The van der Waals surface area contributed by atoms with Gasteiger partial charge in [0.05, 0.1) is 16.1 Å². The van der Waals surface area contributed by atoms with Gasteiger partial charge in [-0.25, -0.2) is 8.78 Å². The molecular formula is C19H20Cl2F3N3O. The Hall–Kier alpha value is -1.99. The van der Waals surface area contributed by atoms with Crippen molar-refractivity contribution in [3.8, 4) is 0 Å². The Bertz CT molecular complexity index is 838. The summed E-state index contributed by atoms with van der Waals surface area (Å²) in [7, 11) is 1.15. The number of hydrogen-bond acceptors (Lipinski definition) is 3. The van der Waals surface area contributed by atoms with Crippen LogP contribution in [0, 0.1) is 5.41 Å². The fourth-order valence-electron chi connectivity index (χ4n) is 2.81. The number of nitrogens with one attached hydrogen (secondary N) is 2. The predicted molar refractivity (Wildman–Crippen MR) is 106 cm³/mol. The summed E-state index contributed by atoms with van der Waals surface area (Å²) >= 11 is 12.0. The number of carbonyl (C=O) groups is 1. The molecule has 9 heteroatoms. The van der Waals surface area contributed by atoms with Crippen LogP contribution in [0.5, 0.6) is 0 Å². The summed E-state index contributed by atoms with van der Waals surface area (Å²) in [4.78, 5) is 14.3. The van der Waals surface area contributed by atoms with Gasteiger partial charge in [-0.15, -0.1) is 0 Å². The topological polar surface area (TPSA) is 56.2 Å². The number of alkyl halides is 2. The maximum atomic E-state index is 14.2. The van der Waals surface area contributed by atoms with E-state index in [0.29, 0.717) is 34.0 Å². The van der Waals surface area contributed by atoms with E-state index in [-0.39, 0.29) is 6.04 Å². The van der Waals surface area contributed by atoms with Crippen molar-refractivity contribution >= 4 is 40.4 Å². The van der Waals surface area contributed by atoms with Gasteiger partial charge in [0.25, 0.3) is 12.3 Å². The Labute approximate surface area is 171 Å². The van der Waals surface area contributed by atoms with Crippen LogP contribution in [0.4, 0.5) is 13.2 Å². The molecule has 2 rings (SSSR count). The average Bonchev–Trinajstić information content (AvgIpc) is 3.48. The first-order valence-corrected chi connectivity index (χ1v) is 9.27. The molecule has 28 heavy (non-hydrogen) atoms. The molecule has 0 spiro atoms. The van der Waals surface area contributed by atoms with Crippen molar-refractivity contribution in [1.82, 2.24) is 10.2 Å². The molecule has 0 bridgehead atoms. The molecule has 0 saturated heterocycles. The average molecular weight is 434 g/mol. The van der Waals surface area contributed by atoms with E-state index >= 15 is 0 Å². The highest BCUT2D eigenvalue weighted by Crippen LogP contribution is 2.35. The van der Waals surface area contributed by atoms with Crippen LogP contribution < -0.4 is 5.32 Å². The maximum Gasteiger partial charge on any atom is 0.280 e. The van der Waals surface area contributed by atoms with Crippen LogP contribution in [0.25, 0.3) is 5.57 Å². The van der Waals surface area contributed by atoms with Crippen molar-refractivity contribution in [3.63, 3.8) is 0 Å². The third kappa shape index (κ3) is 4.70. The molecule has 4 nitrogen and oxygen atoms in total. The Balaban J connectivity index is 2.40. The molecule has 0 radical (unpaired) electrons. The quantitative estimate of drug-likeness (QED) is 0.341. The summed E-state index contributed by atoms with van der Waals surface area (Å²) in [5.74, 6) is -2.25. The highest BCUT2D eigenvalue weighted by Gasteiger charge is 2.41. The lowest BCUT2D eigenvalue weighted by Crippen LogP contribution is -2.44. The van der Waals surface area contributed by atoms with Crippen LogP contribution in [0.3, 0.4) is 0 Å². The largest absolute Gasteiger partial charge is 0.364 e. The summed E-state index contributed by atoms with van der Waals surface area (Å²) in [6.07, 6.45) is -1.98. The van der Waals surface area contributed by atoms with Gasteiger partial charge in [0.1, 0.15) is 11.3 Å². The van der Waals surface area contributed by atoms with Gasteiger partial charge >= 0.3 is 0 Å². The molecular weight excluding hydrogens is 414 g/mol. The normalized spacial score (nSPS) is 15.7. The smallest absolute Gasteiger partial charge is 0.280 e. The van der Waals surface area contributed by atoms with E-state index in [4.69, 9.17) is 28.6 Å². The van der Waals surface area contributed by atoms with Gasteiger partial charge < -0.3 is 10.2 Å². The summed E-state index contributed by atoms with van der Waals surface area (Å²) in [5.41, 5.74) is -1.23. The van der Waals surface area contributed by atoms with E-state index in [1.165, 1.54) is 4.90 Å². The van der Waals surface area contributed by atoms with Gasteiger partial charge in [-0.3, -0.25) is 10.2 Å². The van der Waals surface area contributed by atoms with Gasteiger partial charge in [-0.1, -0.05) is 35.8 Å². The van der Waals surface area contributed by atoms with Crippen LogP contribution in [0.15, 0.2) is 36.3 Å². The molecule has 1 unspecified atom stereocenters. The zero-order valence-corrected chi connectivity index (χ0v) is 16.8. The molecule has 0 aliphatic heterocycles. The van der Waals surface area contributed by atoms with Crippen LogP contribution in [0.2, 0.25) is 10.0 Å². The highest BCUT2D eigenvalue weighted by molar-refractivity contribution is 6.42. The third-order valence-electron chi connectivity index (χ3n) is 4.53. The molecule has 1 amide bonds. The SMILES string of the molecule is C=C(c1ccc(Cl)c(Cl)c1)C(C)N(C(=O)/C(C(=N)C(F)F)=C(\F)NC)C1CC1. The second kappa shape index (κ2) is 9.01. The minimum absolute atomic E-state index is 0.243. The van der Waals surface area contributed by atoms with Crippen LogP contribution in [-0.4, -0.2) is 42.1 Å². The molecule has 1 saturated carbocycles. The van der Waals surface area contributed by atoms with E-state index in [9.17, 15) is 18.0 Å². The van der Waals surface area contributed by atoms with Crippen molar-refractivity contribution in [2.75, 3.05) is 7.05 Å². The fraction of sp³-hybridized carbons (Fsp3) is 0.368. The Morgan fingerprint density at radius 2 is 1.93 bits per heavy atom. The second-order valence-electron chi connectivity index (χ2n) is 6.43. The number of rotatable bonds is 8. The second-order valence-corrected chi connectivity index (χ2v) is 7.24. The molecule has 1 fully saturated rings. The maximum absolute atomic E-state index is 14.2.